The summed E-state index contributed by atoms with van der Waals surface area (Å²) >= 11 is 0. The molecule has 0 heterocycles. The van der Waals surface area contributed by atoms with Gasteiger partial charge >= 0.3 is 0 Å². The highest BCUT2D eigenvalue weighted by Crippen LogP contribution is 2.32. The average molecular weight is 262 g/mol. The van der Waals surface area contributed by atoms with Crippen molar-refractivity contribution in [2.45, 2.75) is 23.5 Å². The van der Waals surface area contributed by atoms with Gasteiger partial charge in [0.1, 0.15) is 16.5 Å². The molecule has 0 aliphatic heterocycles. The summed E-state index contributed by atoms with van der Waals surface area (Å²) in [5.41, 5.74) is 0. The SMILES string of the molecule is COc1ccc(F)cc1S(=O)(=O)C(C)(C)CO. The minimum atomic E-state index is -3.87. The number of methoxy groups -OCH3 is 1. The molecular weight excluding hydrogens is 247 g/mol. The number of rotatable bonds is 4. The molecule has 0 amide bonds. The first kappa shape index (κ1) is 13.9. The molecule has 0 unspecified atom stereocenters. The van der Waals surface area contributed by atoms with Crippen LogP contribution in [-0.2, 0) is 9.84 Å². The second-order valence-electron chi connectivity index (χ2n) is 4.22. The molecule has 0 aromatic heterocycles. The fourth-order valence-electron chi connectivity index (χ4n) is 1.24. The molecule has 0 spiro atoms. The van der Waals surface area contributed by atoms with Crippen LogP contribution in [0.1, 0.15) is 13.8 Å². The normalized spacial score (nSPS) is 12.5. The van der Waals surface area contributed by atoms with Gasteiger partial charge in [0.15, 0.2) is 9.84 Å². The molecule has 0 radical (unpaired) electrons. The lowest BCUT2D eigenvalue weighted by Gasteiger charge is -2.23. The highest BCUT2D eigenvalue weighted by Gasteiger charge is 2.37. The molecule has 96 valence electrons. The van der Waals surface area contributed by atoms with Gasteiger partial charge in [-0.25, -0.2) is 12.8 Å². The predicted octanol–water partition coefficient (Wildman–Crippen LogP) is 1.38. The van der Waals surface area contributed by atoms with Crippen molar-refractivity contribution in [1.82, 2.24) is 0 Å². The lowest BCUT2D eigenvalue weighted by Crippen LogP contribution is -2.36. The molecule has 1 rings (SSSR count). The first-order valence-electron chi connectivity index (χ1n) is 4.95. The third-order valence-electron chi connectivity index (χ3n) is 2.52. The summed E-state index contributed by atoms with van der Waals surface area (Å²) < 4.78 is 41.0. The third kappa shape index (κ3) is 2.42. The lowest BCUT2D eigenvalue weighted by atomic mass is 10.2. The number of ether oxygens (including phenoxy) is 1. The first-order valence-corrected chi connectivity index (χ1v) is 6.43. The molecule has 0 aliphatic rings. The van der Waals surface area contributed by atoms with Gasteiger partial charge in [-0.05, 0) is 32.0 Å². The molecule has 0 fully saturated rings. The zero-order chi connectivity index (χ0) is 13.3. The molecule has 1 N–H and O–H groups in total. The number of hydrogen-bond donors (Lipinski definition) is 1. The molecule has 1 aromatic rings. The van der Waals surface area contributed by atoms with Gasteiger partial charge in [-0.3, -0.25) is 0 Å². The molecule has 0 bridgehead atoms. The van der Waals surface area contributed by atoms with E-state index in [0.717, 1.165) is 12.1 Å². The van der Waals surface area contributed by atoms with Crippen LogP contribution in [0.25, 0.3) is 0 Å². The lowest BCUT2D eigenvalue weighted by molar-refractivity contribution is 0.257. The number of aliphatic hydroxyl groups excluding tert-OH is 1. The van der Waals surface area contributed by atoms with Gasteiger partial charge in [0.05, 0.1) is 18.5 Å². The summed E-state index contributed by atoms with van der Waals surface area (Å²) in [7, 11) is -2.57. The van der Waals surface area contributed by atoms with Crippen molar-refractivity contribution < 1.29 is 22.7 Å². The number of aliphatic hydroxyl groups is 1. The summed E-state index contributed by atoms with van der Waals surface area (Å²) in [6.45, 7) is 2.17. The van der Waals surface area contributed by atoms with Crippen molar-refractivity contribution in [3.8, 4) is 5.75 Å². The Bertz CT molecular complexity index is 508. The van der Waals surface area contributed by atoms with E-state index in [1.165, 1.54) is 27.0 Å². The molecule has 0 atom stereocenters. The minimum Gasteiger partial charge on any atom is -0.495 e. The van der Waals surface area contributed by atoms with Gasteiger partial charge in [0.25, 0.3) is 0 Å². The molecule has 0 aliphatic carbocycles. The van der Waals surface area contributed by atoms with E-state index < -0.39 is 27.0 Å². The second kappa shape index (κ2) is 4.62. The molecule has 0 saturated heterocycles. The summed E-state index contributed by atoms with van der Waals surface area (Å²) in [5, 5.41) is 9.11. The van der Waals surface area contributed by atoms with Crippen molar-refractivity contribution >= 4 is 9.84 Å². The van der Waals surface area contributed by atoms with E-state index in [4.69, 9.17) is 9.84 Å². The van der Waals surface area contributed by atoms with E-state index >= 15 is 0 Å². The van der Waals surface area contributed by atoms with Crippen LogP contribution in [0.3, 0.4) is 0 Å². The monoisotopic (exact) mass is 262 g/mol. The van der Waals surface area contributed by atoms with Gasteiger partial charge < -0.3 is 9.84 Å². The van der Waals surface area contributed by atoms with Crippen molar-refractivity contribution in [2.75, 3.05) is 13.7 Å². The minimum absolute atomic E-state index is 0.0629. The number of halogens is 1. The van der Waals surface area contributed by atoms with E-state index in [-0.39, 0.29) is 10.6 Å². The zero-order valence-corrected chi connectivity index (χ0v) is 10.7. The van der Waals surface area contributed by atoms with Crippen molar-refractivity contribution in [1.29, 1.82) is 0 Å². The van der Waals surface area contributed by atoms with Gasteiger partial charge in [-0.2, -0.15) is 0 Å². The summed E-state index contributed by atoms with van der Waals surface area (Å²) in [4.78, 5) is -0.251. The summed E-state index contributed by atoms with van der Waals surface area (Å²) in [6.07, 6.45) is 0. The second-order valence-corrected chi connectivity index (χ2v) is 6.77. The Morgan fingerprint density at radius 3 is 2.47 bits per heavy atom. The number of benzene rings is 1. The van der Waals surface area contributed by atoms with Crippen LogP contribution in [0.2, 0.25) is 0 Å². The largest absolute Gasteiger partial charge is 0.495 e. The van der Waals surface area contributed by atoms with Crippen molar-refractivity contribution in [2.24, 2.45) is 0 Å². The van der Waals surface area contributed by atoms with Gasteiger partial charge in [0.2, 0.25) is 0 Å². The maximum Gasteiger partial charge on any atom is 0.189 e. The Hall–Kier alpha value is -1.14. The summed E-state index contributed by atoms with van der Waals surface area (Å²) in [5.74, 6) is -0.606. The predicted molar refractivity (Wildman–Crippen MR) is 61.3 cm³/mol. The third-order valence-corrected chi connectivity index (χ3v) is 5.01. The Morgan fingerprint density at radius 1 is 1.41 bits per heavy atom. The van der Waals surface area contributed by atoms with E-state index in [0.29, 0.717) is 0 Å². The first-order chi connectivity index (χ1) is 7.76. The average Bonchev–Trinajstić information content (AvgIpc) is 2.28. The van der Waals surface area contributed by atoms with Crippen LogP contribution in [0.5, 0.6) is 5.75 Å². The number of hydrogen-bond acceptors (Lipinski definition) is 4. The molecule has 6 heteroatoms. The molecule has 17 heavy (non-hydrogen) atoms. The van der Waals surface area contributed by atoms with Gasteiger partial charge in [-0.1, -0.05) is 0 Å². The molecule has 1 aromatic carbocycles. The smallest absolute Gasteiger partial charge is 0.189 e. The van der Waals surface area contributed by atoms with Crippen LogP contribution >= 0.6 is 0 Å². The number of sulfone groups is 1. The van der Waals surface area contributed by atoms with Crippen LogP contribution in [-0.4, -0.2) is 32.0 Å². The van der Waals surface area contributed by atoms with Crippen LogP contribution < -0.4 is 4.74 Å². The molecular formula is C11H15FO4S. The zero-order valence-electron chi connectivity index (χ0n) is 9.90. The van der Waals surface area contributed by atoms with Crippen molar-refractivity contribution in [3.63, 3.8) is 0 Å². The molecule has 4 nitrogen and oxygen atoms in total. The van der Waals surface area contributed by atoms with E-state index in [1.807, 2.05) is 0 Å². The van der Waals surface area contributed by atoms with E-state index in [2.05, 4.69) is 0 Å². The highest BCUT2D eigenvalue weighted by molar-refractivity contribution is 7.93. The van der Waals surface area contributed by atoms with E-state index in [1.54, 1.807) is 0 Å². The van der Waals surface area contributed by atoms with Crippen LogP contribution in [0, 0.1) is 5.82 Å². The highest BCUT2D eigenvalue weighted by atomic mass is 32.2. The Morgan fingerprint density at radius 2 is 2.00 bits per heavy atom. The van der Waals surface area contributed by atoms with Gasteiger partial charge in [0, 0.05) is 0 Å². The maximum atomic E-state index is 13.1. The maximum absolute atomic E-state index is 13.1. The summed E-state index contributed by atoms with van der Waals surface area (Å²) in [6, 6.07) is 3.26. The van der Waals surface area contributed by atoms with Gasteiger partial charge in [-0.15, -0.1) is 0 Å². The van der Waals surface area contributed by atoms with E-state index in [9.17, 15) is 12.8 Å². The van der Waals surface area contributed by atoms with Crippen LogP contribution in [0.4, 0.5) is 4.39 Å². The Labute approximate surface area is 100.0 Å². The Balaban J connectivity index is 3.48. The standard InChI is InChI=1S/C11H15FO4S/c1-11(2,7-13)17(14,15)10-6-8(12)4-5-9(10)16-3/h4-6,13H,7H2,1-3H3. The molecule has 0 saturated carbocycles. The fraction of sp³-hybridized carbons (Fsp3) is 0.455. The van der Waals surface area contributed by atoms with Crippen LogP contribution in [0.15, 0.2) is 23.1 Å². The topological polar surface area (TPSA) is 63.6 Å². The Kier molecular flexibility index (Phi) is 3.78. The van der Waals surface area contributed by atoms with Crippen molar-refractivity contribution in [3.05, 3.63) is 24.0 Å². The fourth-order valence-corrected chi connectivity index (χ4v) is 2.69. The quantitative estimate of drug-likeness (QED) is 0.890.